The smallest absolute Gasteiger partial charge is 0.118 e. The molecule has 20 heavy (non-hydrogen) atoms. The van der Waals surface area contributed by atoms with Crippen LogP contribution in [0.2, 0.25) is 0 Å². The van der Waals surface area contributed by atoms with E-state index in [0.29, 0.717) is 6.04 Å². The van der Waals surface area contributed by atoms with Gasteiger partial charge in [-0.05, 0) is 31.0 Å². The number of nitrogens with one attached hydrogen (secondary N) is 1. The van der Waals surface area contributed by atoms with Gasteiger partial charge in [-0.25, -0.2) is 0 Å². The molecule has 1 aromatic carbocycles. The first-order chi connectivity index (χ1) is 9.72. The quantitative estimate of drug-likeness (QED) is 0.877. The highest BCUT2D eigenvalue weighted by Gasteiger charge is 2.09. The van der Waals surface area contributed by atoms with Crippen LogP contribution in [0, 0.1) is 6.92 Å². The Labute approximate surface area is 120 Å². The van der Waals surface area contributed by atoms with Crippen molar-refractivity contribution in [2.75, 3.05) is 7.11 Å². The van der Waals surface area contributed by atoms with E-state index in [9.17, 15) is 0 Å². The number of aryl methyl sites for hydroxylation is 1. The van der Waals surface area contributed by atoms with Gasteiger partial charge in [-0.2, -0.15) is 0 Å². The van der Waals surface area contributed by atoms with E-state index in [0.717, 1.165) is 30.1 Å². The summed E-state index contributed by atoms with van der Waals surface area (Å²) in [5, 5.41) is 3.52. The van der Waals surface area contributed by atoms with Gasteiger partial charge in [-0.1, -0.05) is 19.1 Å². The van der Waals surface area contributed by atoms with Crippen LogP contribution in [0.25, 0.3) is 0 Å². The maximum atomic E-state index is 5.18. The number of methoxy groups -OCH3 is 1. The maximum absolute atomic E-state index is 5.18. The fourth-order valence-electron chi connectivity index (χ4n) is 2.07. The molecule has 0 saturated carbocycles. The van der Waals surface area contributed by atoms with Gasteiger partial charge >= 0.3 is 0 Å². The minimum Gasteiger partial charge on any atom is -0.497 e. The molecule has 0 aliphatic rings. The molecule has 4 nitrogen and oxygen atoms in total. The molecule has 0 aliphatic carbocycles. The second-order valence-corrected chi connectivity index (χ2v) is 4.76. The molecule has 0 fully saturated rings. The lowest BCUT2D eigenvalue weighted by Gasteiger charge is -2.17. The Bertz CT molecular complexity index is 522. The number of ether oxygens (including phenoxy) is 1. The lowest BCUT2D eigenvalue weighted by atomic mass is 10.0. The maximum Gasteiger partial charge on any atom is 0.118 e. The van der Waals surface area contributed by atoms with E-state index < -0.39 is 0 Å². The summed E-state index contributed by atoms with van der Waals surface area (Å²) >= 11 is 0. The summed E-state index contributed by atoms with van der Waals surface area (Å²) in [5.74, 6) is 0.882. The Morgan fingerprint density at radius 1 is 1.15 bits per heavy atom. The van der Waals surface area contributed by atoms with Gasteiger partial charge in [0.25, 0.3) is 0 Å². The van der Waals surface area contributed by atoms with Crippen LogP contribution in [-0.2, 0) is 6.54 Å². The SMILES string of the molecule is CCC(NCc1cnc(C)cn1)c1ccc(OC)cc1. The van der Waals surface area contributed by atoms with Crippen LogP contribution in [0.5, 0.6) is 5.75 Å². The average Bonchev–Trinajstić information content (AvgIpc) is 2.50. The normalized spacial score (nSPS) is 12.2. The van der Waals surface area contributed by atoms with E-state index >= 15 is 0 Å². The average molecular weight is 271 g/mol. The van der Waals surface area contributed by atoms with E-state index in [4.69, 9.17) is 4.74 Å². The third-order valence-corrected chi connectivity index (χ3v) is 3.29. The summed E-state index contributed by atoms with van der Waals surface area (Å²) < 4.78 is 5.18. The van der Waals surface area contributed by atoms with Crippen molar-refractivity contribution in [3.8, 4) is 5.75 Å². The molecule has 2 aromatic rings. The number of rotatable bonds is 6. The van der Waals surface area contributed by atoms with Gasteiger partial charge in [0.15, 0.2) is 0 Å². The van der Waals surface area contributed by atoms with Gasteiger partial charge in [0, 0.05) is 25.0 Å². The second-order valence-electron chi connectivity index (χ2n) is 4.76. The van der Waals surface area contributed by atoms with Crippen molar-refractivity contribution in [1.82, 2.24) is 15.3 Å². The molecular formula is C16H21N3O. The molecule has 1 heterocycles. The summed E-state index contributed by atoms with van der Waals surface area (Å²) in [5.41, 5.74) is 3.16. The fourth-order valence-corrected chi connectivity index (χ4v) is 2.07. The zero-order chi connectivity index (χ0) is 14.4. The molecule has 0 bridgehead atoms. The van der Waals surface area contributed by atoms with Gasteiger partial charge in [0.2, 0.25) is 0 Å². The lowest BCUT2D eigenvalue weighted by Crippen LogP contribution is -2.21. The number of nitrogens with zero attached hydrogens (tertiary/aromatic N) is 2. The van der Waals surface area contributed by atoms with Crippen LogP contribution in [-0.4, -0.2) is 17.1 Å². The van der Waals surface area contributed by atoms with E-state index in [1.54, 1.807) is 13.3 Å². The molecule has 2 rings (SSSR count). The molecule has 1 atom stereocenters. The minimum atomic E-state index is 0.309. The third-order valence-electron chi connectivity index (χ3n) is 3.29. The van der Waals surface area contributed by atoms with Crippen LogP contribution >= 0.6 is 0 Å². The minimum absolute atomic E-state index is 0.309. The van der Waals surface area contributed by atoms with Crippen LogP contribution in [0.15, 0.2) is 36.7 Å². The van der Waals surface area contributed by atoms with Crippen molar-refractivity contribution in [2.45, 2.75) is 32.9 Å². The van der Waals surface area contributed by atoms with Crippen molar-refractivity contribution in [2.24, 2.45) is 0 Å². The molecule has 0 radical (unpaired) electrons. The molecule has 1 unspecified atom stereocenters. The molecule has 1 N–H and O–H groups in total. The topological polar surface area (TPSA) is 47.0 Å². The lowest BCUT2D eigenvalue weighted by molar-refractivity contribution is 0.414. The van der Waals surface area contributed by atoms with Gasteiger partial charge < -0.3 is 10.1 Å². The molecular weight excluding hydrogens is 250 g/mol. The van der Waals surface area contributed by atoms with Crippen molar-refractivity contribution >= 4 is 0 Å². The van der Waals surface area contributed by atoms with E-state index in [-0.39, 0.29) is 0 Å². The summed E-state index contributed by atoms with van der Waals surface area (Å²) in [4.78, 5) is 8.62. The molecule has 0 saturated heterocycles. The Balaban J connectivity index is 1.99. The van der Waals surface area contributed by atoms with Gasteiger partial charge in [0.1, 0.15) is 5.75 Å². The standard InChI is InChI=1S/C16H21N3O/c1-4-16(13-5-7-15(20-3)8-6-13)19-11-14-10-17-12(2)9-18-14/h5-10,16,19H,4,11H2,1-3H3. The predicted octanol–water partition coefficient (Wildman–Crippen LogP) is 3.03. The summed E-state index contributed by atoms with van der Waals surface area (Å²) in [6.07, 6.45) is 4.64. The number of hydrogen-bond donors (Lipinski definition) is 1. The zero-order valence-corrected chi connectivity index (χ0v) is 12.3. The largest absolute Gasteiger partial charge is 0.497 e. The second kappa shape index (κ2) is 7.01. The van der Waals surface area contributed by atoms with Crippen LogP contribution < -0.4 is 10.1 Å². The summed E-state index contributed by atoms with van der Waals surface area (Å²) in [6, 6.07) is 8.49. The fraction of sp³-hybridized carbons (Fsp3) is 0.375. The van der Waals surface area contributed by atoms with Crippen molar-refractivity contribution in [3.63, 3.8) is 0 Å². The number of hydrogen-bond acceptors (Lipinski definition) is 4. The highest BCUT2D eigenvalue weighted by Crippen LogP contribution is 2.20. The first-order valence-electron chi connectivity index (χ1n) is 6.87. The molecule has 4 heteroatoms. The molecule has 1 aromatic heterocycles. The van der Waals surface area contributed by atoms with E-state index in [1.807, 2.05) is 25.3 Å². The van der Waals surface area contributed by atoms with Crippen molar-refractivity contribution in [1.29, 1.82) is 0 Å². The van der Waals surface area contributed by atoms with Crippen molar-refractivity contribution < 1.29 is 4.74 Å². The molecule has 0 spiro atoms. The monoisotopic (exact) mass is 271 g/mol. The summed E-state index contributed by atoms with van der Waals surface area (Å²) in [6.45, 7) is 4.83. The Hall–Kier alpha value is -1.94. The van der Waals surface area contributed by atoms with Crippen LogP contribution in [0.3, 0.4) is 0 Å². The Morgan fingerprint density at radius 2 is 1.90 bits per heavy atom. The Morgan fingerprint density at radius 3 is 2.45 bits per heavy atom. The first-order valence-corrected chi connectivity index (χ1v) is 6.87. The predicted molar refractivity (Wildman–Crippen MR) is 79.6 cm³/mol. The molecule has 106 valence electrons. The van der Waals surface area contributed by atoms with E-state index in [1.165, 1.54) is 5.56 Å². The highest BCUT2D eigenvalue weighted by atomic mass is 16.5. The van der Waals surface area contributed by atoms with Gasteiger partial charge in [-0.15, -0.1) is 0 Å². The van der Waals surface area contributed by atoms with Crippen LogP contribution in [0.4, 0.5) is 0 Å². The van der Waals surface area contributed by atoms with Crippen LogP contribution in [0.1, 0.15) is 36.3 Å². The number of aromatic nitrogens is 2. The van der Waals surface area contributed by atoms with E-state index in [2.05, 4.69) is 34.3 Å². The summed E-state index contributed by atoms with van der Waals surface area (Å²) in [7, 11) is 1.68. The Kier molecular flexibility index (Phi) is 5.07. The third kappa shape index (κ3) is 3.78. The highest BCUT2D eigenvalue weighted by molar-refractivity contribution is 5.29. The number of benzene rings is 1. The first kappa shape index (κ1) is 14.5. The van der Waals surface area contributed by atoms with Gasteiger partial charge in [0.05, 0.1) is 18.5 Å². The molecule has 0 aliphatic heterocycles. The zero-order valence-electron chi connectivity index (χ0n) is 12.3. The molecule has 0 amide bonds. The van der Waals surface area contributed by atoms with Gasteiger partial charge in [-0.3, -0.25) is 9.97 Å². The van der Waals surface area contributed by atoms with Crippen molar-refractivity contribution in [3.05, 3.63) is 53.6 Å².